The molecule has 0 amide bonds. The molecule has 0 saturated heterocycles. The van der Waals surface area contributed by atoms with Crippen LogP contribution >= 0.6 is 11.3 Å². The number of anilines is 3. The van der Waals surface area contributed by atoms with Gasteiger partial charge in [0.05, 0.1) is 77.2 Å². The van der Waals surface area contributed by atoms with Crippen molar-refractivity contribution < 1.29 is 54.8 Å². The number of hydrogen-bond acceptors (Lipinski definition) is 2. The molecule has 13 aromatic rings. The lowest BCUT2D eigenvalue weighted by atomic mass is 9.96. The Morgan fingerprint density at radius 3 is 1.45 bits per heavy atom. The Hall–Kier alpha value is -8.24. The number of nitrogens with zero attached hydrogens (tertiary/aromatic N) is 2. The highest BCUT2D eigenvalue weighted by Crippen LogP contribution is 2.50. The van der Waals surface area contributed by atoms with E-state index in [1.807, 2.05) is 0 Å². The van der Waals surface area contributed by atoms with Gasteiger partial charge in [0.25, 0.3) is 0 Å². The number of benzene rings is 11. The summed E-state index contributed by atoms with van der Waals surface area (Å²) in [6.07, 6.45) is 0. The molecular formula is C62H40N2S. The highest BCUT2D eigenvalue weighted by molar-refractivity contribution is 7.26. The maximum atomic E-state index is 10.5. The minimum Gasteiger partial charge on any atom is -0.310 e. The number of para-hydroxylation sites is 3. The summed E-state index contributed by atoms with van der Waals surface area (Å²) in [5.74, 6) is 0. The SMILES string of the molecule is [2H]c1c([2H])c([2H])c(-n2c3c([2H])c([2H])c([2H])c([2H])c3c3c([2H])c([2H])c([2H])c([2H])c32)c(-c2c(N(c3c([2H])c([2H])c(-c4c([2H])c([2H])c5c([2H])c([2H])c([2H])c([2H])c5c4[2H])c([2H])c3[2H])c3c([2H])c([2H])c(-c4c([2H])c([2H])c5c([2H])c([2H])c([2H])c([2H])c5c4[2H])c([2H])c3[2H])c([2H])c([2H])c3c2sc2c([2H])c([2H])c([2H])c([2H])c23)c1[2H]. The Balaban J connectivity index is 1.32. The predicted molar refractivity (Wildman–Crippen MR) is 280 cm³/mol. The summed E-state index contributed by atoms with van der Waals surface area (Å²) in [7, 11) is 0. The average Bonchev–Trinajstić information content (AvgIpc) is 1.58. The van der Waals surface area contributed by atoms with Gasteiger partial charge < -0.3 is 9.47 Å². The zero-order valence-corrected chi connectivity index (χ0v) is 33.1. The molecule has 13 rings (SSSR count). The van der Waals surface area contributed by atoms with Crippen LogP contribution in [0.5, 0.6) is 0 Å². The van der Waals surface area contributed by atoms with Gasteiger partial charge in [-0.15, -0.1) is 11.3 Å². The molecule has 304 valence electrons. The lowest BCUT2D eigenvalue weighted by Gasteiger charge is -2.29. The normalized spacial score (nSPS) is 20.3. The molecule has 0 atom stereocenters. The molecule has 0 fully saturated rings. The molecule has 65 heavy (non-hydrogen) atoms. The van der Waals surface area contributed by atoms with Gasteiger partial charge >= 0.3 is 0 Å². The average molecular weight is 885 g/mol. The van der Waals surface area contributed by atoms with Gasteiger partial charge in [-0.2, -0.15) is 0 Å². The van der Waals surface area contributed by atoms with Crippen LogP contribution in [0.2, 0.25) is 0 Å². The van der Waals surface area contributed by atoms with Crippen molar-refractivity contribution >= 4 is 91.9 Å². The van der Waals surface area contributed by atoms with Gasteiger partial charge in [-0.1, -0.05) is 175 Å². The first-order valence-corrected chi connectivity index (χ1v) is 19.8. The standard InChI is InChI=1S/C62H40N2S/c1-3-15-45-39-47(27-25-41(45)13-1)43-29-33-49(34-30-43)63(50-35-31-44(32-36-50)48-28-26-42-14-2-4-16-46(42)40-48)59-38-37-54-53-19-8-12-24-60(53)65-62(54)61(59)55-20-7-11-23-58(55)64-56-21-9-5-17-51(56)52-18-6-10-22-57(52)64/h1-40H/i1D,2D,3D,4D,5D,6D,7D,8D,9D,10D,11D,12D,13D,14D,15D,16D,17D,18D,19D,20D,21D,22D,23D,24D,25D,26D,27D,28D,29D,30D,31D,32D,33D,34D,35D,36D,37D,38D,39D,40D. The van der Waals surface area contributed by atoms with Crippen molar-refractivity contribution in [2.24, 2.45) is 0 Å². The van der Waals surface area contributed by atoms with E-state index >= 15 is 0 Å². The van der Waals surface area contributed by atoms with E-state index in [0.717, 1.165) is 0 Å². The third-order valence-electron chi connectivity index (χ3n) is 10.2. The number of hydrogen-bond donors (Lipinski definition) is 0. The lowest BCUT2D eigenvalue weighted by Crippen LogP contribution is -2.12. The Kier molecular flexibility index (Phi) is 3.50. The number of thiophene rings is 1. The van der Waals surface area contributed by atoms with Gasteiger partial charge in [-0.25, -0.2) is 0 Å². The molecule has 0 bridgehead atoms. The van der Waals surface area contributed by atoms with Gasteiger partial charge in [0.1, 0.15) is 0 Å². The summed E-state index contributed by atoms with van der Waals surface area (Å²) in [6, 6.07) is -44.7. The summed E-state index contributed by atoms with van der Waals surface area (Å²) >= 11 is 0.289. The van der Waals surface area contributed by atoms with Crippen LogP contribution in [0, 0.1) is 0 Å². The number of aromatic nitrogens is 1. The van der Waals surface area contributed by atoms with E-state index in [-0.39, 0.29) is 16.2 Å². The van der Waals surface area contributed by atoms with E-state index in [1.54, 1.807) is 0 Å². The summed E-state index contributed by atoms with van der Waals surface area (Å²) in [5, 5.41) is -5.53. The van der Waals surface area contributed by atoms with E-state index < -0.39 is 361 Å². The fraction of sp³-hybridized carbons (Fsp3) is 0. The highest BCUT2D eigenvalue weighted by Gasteiger charge is 2.25. The van der Waals surface area contributed by atoms with Crippen LogP contribution in [0.1, 0.15) is 54.8 Å². The van der Waals surface area contributed by atoms with Crippen LogP contribution in [-0.2, 0) is 0 Å². The van der Waals surface area contributed by atoms with Crippen molar-refractivity contribution in [1.29, 1.82) is 0 Å². The minimum atomic E-state index is -1.48. The molecule has 2 aromatic heterocycles. The second-order valence-electron chi connectivity index (χ2n) is 13.8. The van der Waals surface area contributed by atoms with E-state index in [9.17, 15) is 32.9 Å². The van der Waals surface area contributed by atoms with Crippen LogP contribution in [0.3, 0.4) is 0 Å². The first-order chi connectivity index (χ1) is 48.9. The summed E-state index contributed by atoms with van der Waals surface area (Å²) in [5.41, 5.74) is -13.1. The zero-order chi connectivity index (χ0) is 77.7. The van der Waals surface area contributed by atoms with Crippen LogP contribution < -0.4 is 4.90 Å². The van der Waals surface area contributed by atoms with Gasteiger partial charge in [0.2, 0.25) is 0 Å². The molecule has 0 aliphatic heterocycles. The number of rotatable bonds is 7. The van der Waals surface area contributed by atoms with Crippen LogP contribution in [0.15, 0.2) is 242 Å². The van der Waals surface area contributed by atoms with Gasteiger partial charge in [0, 0.05) is 53.4 Å². The van der Waals surface area contributed by atoms with Crippen molar-refractivity contribution in [3.05, 3.63) is 242 Å². The van der Waals surface area contributed by atoms with E-state index in [0.29, 0.717) is 4.57 Å². The molecule has 2 nitrogen and oxygen atoms in total. The monoisotopic (exact) mass is 885 g/mol. The Morgan fingerprint density at radius 2 is 0.846 bits per heavy atom. The van der Waals surface area contributed by atoms with Gasteiger partial charge in [-0.3, -0.25) is 0 Å². The van der Waals surface area contributed by atoms with Crippen molar-refractivity contribution in [1.82, 2.24) is 4.57 Å². The Bertz CT molecular complexity index is 6030. The van der Waals surface area contributed by atoms with Crippen molar-refractivity contribution in [2.75, 3.05) is 4.90 Å². The number of fused-ring (bicyclic) bond motifs is 8. The van der Waals surface area contributed by atoms with E-state index in [2.05, 4.69) is 0 Å². The fourth-order valence-corrected chi connectivity index (χ4v) is 8.46. The van der Waals surface area contributed by atoms with Crippen molar-refractivity contribution in [3.8, 4) is 39.1 Å². The van der Waals surface area contributed by atoms with E-state index in [1.165, 1.54) is 0 Å². The maximum absolute atomic E-state index is 10.5. The summed E-state index contributed by atoms with van der Waals surface area (Å²) in [4.78, 5) is 0.255. The third kappa shape index (κ3) is 6.24. The largest absolute Gasteiger partial charge is 0.310 e. The minimum absolute atomic E-state index is 0.255. The first kappa shape index (κ1) is 14.9. The molecule has 0 unspecified atom stereocenters. The van der Waals surface area contributed by atoms with Crippen LogP contribution in [-0.4, -0.2) is 4.57 Å². The molecule has 11 aromatic carbocycles. The van der Waals surface area contributed by atoms with Crippen LogP contribution in [0.25, 0.3) is 103 Å². The topological polar surface area (TPSA) is 8.17 Å². The fourth-order valence-electron chi connectivity index (χ4n) is 7.34. The highest BCUT2D eigenvalue weighted by atomic mass is 32.1. The predicted octanol–water partition coefficient (Wildman–Crippen LogP) is 17.9. The molecule has 2 heterocycles. The van der Waals surface area contributed by atoms with Crippen molar-refractivity contribution in [2.45, 2.75) is 0 Å². The summed E-state index contributed by atoms with van der Waals surface area (Å²) < 4.78 is 372. The Morgan fingerprint density at radius 1 is 0.369 bits per heavy atom. The molecule has 0 aliphatic rings. The molecule has 0 radical (unpaired) electrons. The molecular weight excluding hydrogens is 805 g/mol. The smallest absolute Gasteiger partial charge is 0.0645 e. The van der Waals surface area contributed by atoms with E-state index in [4.69, 9.17) is 21.9 Å². The molecule has 0 saturated carbocycles. The van der Waals surface area contributed by atoms with Gasteiger partial charge in [-0.05, 0) is 110 Å². The maximum Gasteiger partial charge on any atom is 0.0645 e. The molecule has 0 aliphatic carbocycles. The first-order valence-electron chi connectivity index (χ1n) is 39.0. The second-order valence-corrected chi connectivity index (χ2v) is 14.8. The lowest BCUT2D eigenvalue weighted by molar-refractivity contribution is 1.18. The quantitative estimate of drug-likeness (QED) is 0.155. The molecule has 3 heteroatoms. The zero-order valence-electron chi connectivity index (χ0n) is 72.3. The third-order valence-corrected chi connectivity index (χ3v) is 11.3. The summed E-state index contributed by atoms with van der Waals surface area (Å²) in [6.45, 7) is 0. The Labute approximate surface area is 437 Å². The molecule has 0 N–H and O–H groups in total. The molecule has 0 spiro atoms. The second kappa shape index (κ2) is 15.2. The van der Waals surface area contributed by atoms with Crippen LogP contribution in [0.4, 0.5) is 17.1 Å². The van der Waals surface area contributed by atoms with Crippen molar-refractivity contribution in [3.63, 3.8) is 0 Å². The van der Waals surface area contributed by atoms with Gasteiger partial charge in [0.15, 0.2) is 0 Å².